The van der Waals surface area contributed by atoms with Crippen LogP contribution in [0.3, 0.4) is 0 Å². The molecule has 0 saturated carbocycles. The highest BCUT2D eigenvalue weighted by Gasteiger charge is 2.36. The average Bonchev–Trinajstić information content (AvgIpc) is 3.66. The molecule has 342 valence electrons. The Hall–Kier alpha value is -9.24. The van der Waals surface area contributed by atoms with Crippen molar-refractivity contribution in [2.24, 2.45) is 0 Å². The maximum Gasteiger partial charge on any atom is 0.0534 e. The molecule has 2 nitrogen and oxygen atoms in total. The van der Waals surface area contributed by atoms with Gasteiger partial charge < -0.3 is 9.80 Å². The van der Waals surface area contributed by atoms with Crippen LogP contribution < -0.4 is 9.80 Å². The standard InChI is InChI=1S/C71H48N2/c1-44-53-20-8-9-21-54(53)55-36-32-49(40-60(44)55)70-61-42-51(72-65-24-12-4-16-45(65)28-29-46-17-5-13-25-66(46)72)34-38-58(61)69(50-33-37-57-56-22-10-11-23-63(56)71(2,3)64(57)41-50)59-39-35-52(43-62(59)70)73-67-26-14-6-18-47(67)30-31-48-19-7-15-27-68(48)73/h4-43H,1H2,2-3H3. The number of hydrogen-bond acceptors (Lipinski definition) is 2. The van der Waals surface area contributed by atoms with Crippen molar-refractivity contribution >= 4 is 85.5 Å². The highest BCUT2D eigenvalue weighted by Crippen LogP contribution is 2.55. The van der Waals surface area contributed by atoms with Gasteiger partial charge in [-0.2, -0.15) is 0 Å². The third-order valence-corrected chi connectivity index (χ3v) is 16.2. The molecule has 2 heteroatoms. The second-order valence-corrected chi connectivity index (χ2v) is 20.5. The first-order valence-corrected chi connectivity index (χ1v) is 25.4. The van der Waals surface area contributed by atoms with E-state index in [9.17, 15) is 0 Å². The van der Waals surface area contributed by atoms with Gasteiger partial charge in [0.25, 0.3) is 0 Å². The Labute approximate surface area is 426 Å². The molecule has 0 atom stereocenters. The monoisotopic (exact) mass is 928 g/mol. The number of fused-ring (bicyclic) bond motifs is 12. The zero-order valence-corrected chi connectivity index (χ0v) is 40.7. The van der Waals surface area contributed by atoms with Crippen molar-refractivity contribution in [3.8, 4) is 44.5 Å². The molecule has 0 aromatic heterocycles. The fourth-order valence-corrected chi connectivity index (χ4v) is 12.8. The summed E-state index contributed by atoms with van der Waals surface area (Å²) in [5.41, 5.74) is 27.4. The molecule has 11 aromatic rings. The lowest BCUT2D eigenvalue weighted by molar-refractivity contribution is 0.660. The van der Waals surface area contributed by atoms with Crippen LogP contribution in [0.15, 0.2) is 225 Å². The number of rotatable bonds is 4. The zero-order chi connectivity index (χ0) is 48.5. The summed E-state index contributed by atoms with van der Waals surface area (Å²) in [7, 11) is 0. The molecule has 4 aliphatic rings. The van der Waals surface area contributed by atoms with Crippen molar-refractivity contribution in [3.05, 3.63) is 269 Å². The molecule has 0 bridgehead atoms. The summed E-state index contributed by atoms with van der Waals surface area (Å²) >= 11 is 0. The number of para-hydroxylation sites is 4. The molecule has 0 fully saturated rings. The smallest absolute Gasteiger partial charge is 0.0534 e. The van der Waals surface area contributed by atoms with E-state index in [2.05, 4.69) is 266 Å². The summed E-state index contributed by atoms with van der Waals surface area (Å²) in [6.45, 7) is 9.51. The topological polar surface area (TPSA) is 6.48 Å². The first-order chi connectivity index (χ1) is 35.9. The molecular weight excluding hydrogens is 881 g/mol. The second-order valence-electron chi connectivity index (χ2n) is 20.5. The minimum atomic E-state index is -0.165. The van der Waals surface area contributed by atoms with Crippen LogP contribution in [0.5, 0.6) is 0 Å². The Kier molecular flexibility index (Phi) is 8.89. The third-order valence-electron chi connectivity index (χ3n) is 16.2. The van der Waals surface area contributed by atoms with Crippen molar-refractivity contribution in [3.63, 3.8) is 0 Å². The van der Waals surface area contributed by atoms with E-state index in [0.717, 1.165) is 45.3 Å². The van der Waals surface area contributed by atoms with Gasteiger partial charge in [-0.15, -0.1) is 0 Å². The predicted molar refractivity (Wildman–Crippen MR) is 311 cm³/mol. The van der Waals surface area contributed by atoms with Gasteiger partial charge in [0, 0.05) is 16.8 Å². The van der Waals surface area contributed by atoms with Gasteiger partial charge >= 0.3 is 0 Å². The summed E-state index contributed by atoms with van der Waals surface area (Å²) in [4.78, 5) is 4.92. The van der Waals surface area contributed by atoms with E-state index in [1.807, 2.05) is 0 Å². The van der Waals surface area contributed by atoms with Crippen LogP contribution in [0, 0.1) is 0 Å². The van der Waals surface area contributed by atoms with E-state index in [1.54, 1.807) is 0 Å². The molecule has 2 aliphatic heterocycles. The number of hydrogen-bond donors (Lipinski definition) is 0. The Bertz CT molecular complexity index is 4010. The average molecular weight is 929 g/mol. The van der Waals surface area contributed by atoms with Crippen LogP contribution in [0.1, 0.15) is 58.4 Å². The van der Waals surface area contributed by atoms with Gasteiger partial charge in [-0.25, -0.2) is 0 Å². The second kappa shape index (κ2) is 15.6. The van der Waals surface area contributed by atoms with E-state index >= 15 is 0 Å². The molecule has 0 spiro atoms. The van der Waals surface area contributed by atoms with Crippen LogP contribution in [-0.4, -0.2) is 0 Å². The number of nitrogens with zero attached hydrogens (tertiary/aromatic N) is 2. The molecule has 0 unspecified atom stereocenters. The molecule has 2 heterocycles. The molecule has 0 radical (unpaired) electrons. The van der Waals surface area contributed by atoms with E-state index in [0.29, 0.717) is 0 Å². The van der Waals surface area contributed by atoms with Gasteiger partial charge in [0.2, 0.25) is 0 Å². The summed E-state index contributed by atoms with van der Waals surface area (Å²) < 4.78 is 0. The van der Waals surface area contributed by atoms with E-state index in [4.69, 9.17) is 6.58 Å². The molecule has 15 rings (SSSR count). The van der Waals surface area contributed by atoms with Crippen LogP contribution in [-0.2, 0) is 5.41 Å². The van der Waals surface area contributed by atoms with E-state index < -0.39 is 0 Å². The maximum atomic E-state index is 4.73. The number of anilines is 6. The van der Waals surface area contributed by atoms with Gasteiger partial charge in [-0.1, -0.05) is 202 Å². The minimum absolute atomic E-state index is 0.165. The molecule has 73 heavy (non-hydrogen) atoms. The summed E-state index contributed by atoms with van der Waals surface area (Å²) in [6, 6.07) is 81.6. The fourth-order valence-electron chi connectivity index (χ4n) is 12.8. The lowest BCUT2D eigenvalue weighted by Gasteiger charge is -2.29. The van der Waals surface area contributed by atoms with Crippen molar-refractivity contribution < 1.29 is 0 Å². The first-order valence-electron chi connectivity index (χ1n) is 25.4. The minimum Gasteiger partial charge on any atom is -0.309 e. The van der Waals surface area contributed by atoms with Crippen LogP contribution in [0.2, 0.25) is 0 Å². The van der Waals surface area contributed by atoms with E-state index in [1.165, 1.54) is 105 Å². The summed E-state index contributed by atoms with van der Waals surface area (Å²) in [6.07, 6.45) is 9.02. The van der Waals surface area contributed by atoms with Crippen molar-refractivity contribution in [2.75, 3.05) is 9.80 Å². The first kappa shape index (κ1) is 41.5. The van der Waals surface area contributed by atoms with Gasteiger partial charge in [0.05, 0.1) is 22.7 Å². The predicted octanol–water partition coefficient (Wildman–Crippen LogP) is 19.6. The summed E-state index contributed by atoms with van der Waals surface area (Å²) in [5, 5.41) is 4.79. The van der Waals surface area contributed by atoms with Crippen LogP contribution in [0.4, 0.5) is 34.1 Å². The molecule has 0 amide bonds. The normalized spacial score (nSPS) is 14.1. The van der Waals surface area contributed by atoms with Crippen molar-refractivity contribution in [2.45, 2.75) is 19.3 Å². The summed E-state index contributed by atoms with van der Waals surface area (Å²) in [5.74, 6) is 0. The molecular formula is C71H48N2. The lowest BCUT2D eigenvalue weighted by Crippen LogP contribution is -2.15. The third kappa shape index (κ3) is 6.11. The SMILES string of the molecule is C=C1c2ccccc2-c2ccc(-c3c4cc(N5c6ccccc6C=Cc6ccccc65)ccc4c(-c4ccc5c(c4)C(C)(C)c4ccccc4-5)c4ccc(N5c6ccccc6C=Cc6ccccc65)cc34)cc21. The van der Waals surface area contributed by atoms with Crippen LogP contribution in [0.25, 0.3) is 95.9 Å². The van der Waals surface area contributed by atoms with Gasteiger partial charge in [0.1, 0.15) is 0 Å². The van der Waals surface area contributed by atoms with E-state index in [-0.39, 0.29) is 5.41 Å². The molecule has 0 N–H and O–H groups in total. The number of benzene rings is 11. The highest BCUT2D eigenvalue weighted by atomic mass is 15.2. The molecule has 0 saturated heterocycles. The Morgan fingerprint density at radius 1 is 0.315 bits per heavy atom. The van der Waals surface area contributed by atoms with Crippen molar-refractivity contribution in [1.29, 1.82) is 0 Å². The van der Waals surface area contributed by atoms with Crippen molar-refractivity contribution in [1.82, 2.24) is 0 Å². The largest absolute Gasteiger partial charge is 0.309 e. The van der Waals surface area contributed by atoms with Gasteiger partial charge in [0.15, 0.2) is 0 Å². The quantitative estimate of drug-likeness (QED) is 0.162. The lowest BCUT2D eigenvalue weighted by atomic mass is 9.80. The highest BCUT2D eigenvalue weighted by molar-refractivity contribution is 6.23. The molecule has 11 aromatic carbocycles. The maximum absolute atomic E-state index is 4.73. The Balaban J connectivity index is 1.07. The van der Waals surface area contributed by atoms with Gasteiger partial charge in [-0.05, 0) is 177 Å². The van der Waals surface area contributed by atoms with Crippen LogP contribution >= 0.6 is 0 Å². The molecule has 2 aliphatic carbocycles. The Morgan fingerprint density at radius 3 is 1.25 bits per heavy atom. The Morgan fingerprint density at radius 2 is 0.712 bits per heavy atom. The zero-order valence-electron chi connectivity index (χ0n) is 40.7. The van der Waals surface area contributed by atoms with Gasteiger partial charge in [-0.3, -0.25) is 0 Å². The fraction of sp³-hybridized carbons (Fsp3) is 0.0423.